The van der Waals surface area contributed by atoms with E-state index < -0.39 is 5.97 Å². The SMILES string of the molecule is CC1CCCc2nc(C(=O)O)ccc21. The third-order valence-corrected chi connectivity index (χ3v) is 2.81. The fourth-order valence-corrected chi connectivity index (χ4v) is 2.01. The molecule has 0 spiro atoms. The first-order valence-electron chi connectivity index (χ1n) is 4.91. The molecular formula is C11H13NO2. The minimum atomic E-state index is -0.939. The van der Waals surface area contributed by atoms with Crippen LogP contribution in [-0.4, -0.2) is 16.1 Å². The fourth-order valence-electron chi connectivity index (χ4n) is 2.01. The lowest BCUT2D eigenvalue weighted by Crippen LogP contribution is -2.12. The summed E-state index contributed by atoms with van der Waals surface area (Å²) in [6, 6.07) is 3.51. The molecule has 1 aromatic rings. The summed E-state index contributed by atoms with van der Waals surface area (Å²) in [5.74, 6) is -0.417. The number of carboxylic acids is 1. The van der Waals surface area contributed by atoms with Gasteiger partial charge in [-0.2, -0.15) is 0 Å². The third kappa shape index (κ3) is 1.50. The van der Waals surface area contributed by atoms with E-state index in [1.54, 1.807) is 6.07 Å². The van der Waals surface area contributed by atoms with Crippen molar-refractivity contribution in [2.75, 3.05) is 0 Å². The highest BCUT2D eigenvalue weighted by molar-refractivity contribution is 5.85. The average Bonchev–Trinajstić information content (AvgIpc) is 2.17. The number of pyridine rings is 1. The standard InChI is InChI=1S/C11H13NO2/c1-7-3-2-4-9-8(7)5-6-10(12-9)11(13)14/h5-7H,2-4H2,1H3,(H,13,14). The second-order valence-electron chi connectivity index (χ2n) is 3.83. The Balaban J connectivity index is 2.44. The van der Waals surface area contributed by atoms with Crippen LogP contribution in [0.2, 0.25) is 0 Å². The molecule has 74 valence electrons. The van der Waals surface area contributed by atoms with Gasteiger partial charge in [-0.15, -0.1) is 0 Å². The molecule has 3 heteroatoms. The molecule has 0 bridgehead atoms. The Kier molecular flexibility index (Phi) is 2.23. The number of carbonyl (C=O) groups is 1. The smallest absolute Gasteiger partial charge is 0.354 e. The molecule has 0 radical (unpaired) electrons. The van der Waals surface area contributed by atoms with Crippen molar-refractivity contribution in [1.82, 2.24) is 4.98 Å². The van der Waals surface area contributed by atoms with Gasteiger partial charge in [-0.25, -0.2) is 9.78 Å². The Morgan fingerprint density at radius 3 is 3.07 bits per heavy atom. The van der Waals surface area contributed by atoms with Gasteiger partial charge in [0.15, 0.2) is 0 Å². The second-order valence-corrected chi connectivity index (χ2v) is 3.83. The minimum absolute atomic E-state index is 0.165. The number of carboxylic acid groups (broad SMARTS) is 1. The number of rotatable bonds is 1. The van der Waals surface area contributed by atoms with Crippen LogP contribution in [0.15, 0.2) is 12.1 Å². The van der Waals surface area contributed by atoms with Gasteiger partial charge >= 0.3 is 5.97 Å². The van der Waals surface area contributed by atoms with Gasteiger partial charge < -0.3 is 5.11 Å². The van der Waals surface area contributed by atoms with E-state index in [0.29, 0.717) is 5.92 Å². The number of hydrogen-bond acceptors (Lipinski definition) is 2. The van der Waals surface area contributed by atoms with Crippen molar-refractivity contribution in [2.24, 2.45) is 0 Å². The molecule has 0 aliphatic heterocycles. The molecule has 3 nitrogen and oxygen atoms in total. The molecule has 14 heavy (non-hydrogen) atoms. The van der Waals surface area contributed by atoms with Crippen LogP contribution in [0.25, 0.3) is 0 Å². The van der Waals surface area contributed by atoms with Gasteiger partial charge in [0.05, 0.1) is 0 Å². The van der Waals surface area contributed by atoms with Gasteiger partial charge in [-0.05, 0) is 36.8 Å². The molecular weight excluding hydrogens is 178 g/mol. The summed E-state index contributed by atoms with van der Waals surface area (Å²) in [6.45, 7) is 2.17. The highest BCUT2D eigenvalue weighted by Crippen LogP contribution is 2.29. The molecule has 1 unspecified atom stereocenters. The van der Waals surface area contributed by atoms with Gasteiger partial charge in [0, 0.05) is 5.69 Å². The van der Waals surface area contributed by atoms with Crippen molar-refractivity contribution >= 4 is 5.97 Å². The summed E-state index contributed by atoms with van der Waals surface area (Å²) in [7, 11) is 0. The van der Waals surface area contributed by atoms with Gasteiger partial charge in [0.25, 0.3) is 0 Å². The molecule has 0 amide bonds. The molecule has 1 aromatic heterocycles. The van der Waals surface area contributed by atoms with Crippen LogP contribution in [-0.2, 0) is 6.42 Å². The Hall–Kier alpha value is -1.38. The topological polar surface area (TPSA) is 50.2 Å². The predicted octanol–water partition coefficient (Wildman–Crippen LogP) is 2.22. The Morgan fingerprint density at radius 2 is 2.36 bits per heavy atom. The van der Waals surface area contributed by atoms with Crippen molar-refractivity contribution < 1.29 is 9.90 Å². The van der Waals surface area contributed by atoms with E-state index in [1.165, 1.54) is 12.0 Å². The van der Waals surface area contributed by atoms with Crippen molar-refractivity contribution in [3.63, 3.8) is 0 Å². The van der Waals surface area contributed by atoms with E-state index in [2.05, 4.69) is 11.9 Å². The van der Waals surface area contributed by atoms with Gasteiger partial charge in [0.2, 0.25) is 0 Å². The molecule has 0 saturated heterocycles. The highest BCUT2D eigenvalue weighted by atomic mass is 16.4. The molecule has 1 aliphatic rings. The molecule has 0 fully saturated rings. The van der Waals surface area contributed by atoms with E-state index in [0.717, 1.165) is 18.5 Å². The average molecular weight is 191 g/mol. The van der Waals surface area contributed by atoms with Crippen molar-refractivity contribution in [3.05, 3.63) is 29.1 Å². The maximum Gasteiger partial charge on any atom is 0.354 e. The van der Waals surface area contributed by atoms with E-state index in [9.17, 15) is 4.79 Å². The van der Waals surface area contributed by atoms with Crippen LogP contribution < -0.4 is 0 Å². The molecule has 0 saturated carbocycles. The zero-order valence-corrected chi connectivity index (χ0v) is 8.16. The first-order chi connectivity index (χ1) is 6.68. The fraction of sp³-hybridized carbons (Fsp3) is 0.455. The number of aromatic nitrogens is 1. The molecule has 0 aromatic carbocycles. The Morgan fingerprint density at radius 1 is 1.57 bits per heavy atom. The summed E-state index contributed by atoms with van der Waals surface area (Å²) in [5, 5.41) is 8.79. The summed E-state index contributed by atoms with van der Waals surface area (Å²) in [6.07, 6.45) is 3.21. The lowest BCUT2D eigenvalue weighted by atomic mass is 9.87. The van der Waals surface area contributed by atoms with Crippen LogP contribution in [0.3, 0.4) is 0 Å². The lowest BCUT2D eigenvalue weighted by Gasteiger charge is -2.21. The highest BCUT2D eigenvalue weighted by Gasteiger charge is 2.18. The molecule has 2 rings (SSSR count). The largest absolute Gasteiger partial charge is 0.477 e. The van der Waals surface area contributed by atoms with Gasteiger partial charge in [-0.1, -0.05) is 13.0 Å². The zero-order chi connectivity index (χ0) is 10.1. The van der Waals surface area contributed by atoms with Crippen LogP contribution >= 0.6 is 0 Å². The number of nitrogens with zero attached hydrogens (tertiary/aromatic N) is 1. The maximum atomic E-state index is 10.7. The van der Waals surface area contributed by atoms with Crippen molar-refractivity contribution in [2.45, 2.75) is 32.1 Å². The van der Waals surface area contributed by atoms with E-state index in [-0.39, 0.29) is 5.69 Å². The first-order valence-corrected chi connectivity index (χ1v) is 4.91. The predicted molar refractivity (Wildman–Crippen MR) is 52.5 cm³/mol. The summed E-state index contributed by atoms with van der Waals surface area (Å²) >= 11 is 0. The van der Waals surface area contributed by atoms with Gasteiger partial charge in [0.1, 0.15) is 5.69 Å². The van der Waals surface area contributed by atoms with E-state index in [4.69, 9.17) is 5.11 Å². The number of aryl methyl sites for hydroxylation is 1. The first kappa shape index (κ1) is 9.19. The molecule has 1 aliphatic carbocycles. The molecule has 1 atom stereocenters. The molecule has 1 heterocycles. The molecule has 1 N–H and O–H groups in total. The quantitative estimate of drug-likeness (QED) is 0.740. The van der Waals surface area contributed by atoms with Crippen molar-refractivity contribution in [1.29, 1.82) is 0 Å². The Labute approximate surface area is 82.8 Å². The van der Waals surface area contributed by atoms with Crippen LogP contribution in [0, 0.1) is 0 Å². The van der Waals surface area contributed by atoms with Crippen LogP contribution in [0.1, 0.15) is 47.4 Å². The minimum Gasteiger partial charge on any atom is -0.477 e. The Bertz CT molecular complexity index is 374. The van der Waals surface area contributed by atoms with Crippen LogP contribution in [0.5, 0.6) is 0 Å². The second kappa shape index (κ2) is 3.40. The zero-order valence-electron chi connectivity index (χ0n) is 8.16. The van der Waals surface area contributed by atoms with Gasteiger partial charge in [-0.3, -0.25) is 0 Å². The monoisotopic (exact) mass is 191 g/mol. The summed E-state index contributed by atoms with van der Waals surface area (Å²) < 4.78 is 0. The van der Waals surface area contributed by atoms with E-state index >= 15 is 0 Å². The normalized spacial score (nSPS) is 20.2. The summed E-state index contributed by atoms with van der Waals surface area (Å²) in [4.78, 5) is 14.9. The van der Waals surface area contributed by atoms with Crippen LogP contribution in [0.4, 0.5) is 0 Å². The lowest BCUT2D eigenvalue weighted by molar-refractivity contribution is 0.0690. The number of hydrogen-bond donors (Lipinski definition) is 1. The third-order valence-electron chi connectivity index (χ3n) is 2.81. The van der Waals surface area contributed by atoms with E-state index in [1.807, 2.05) is 6.07 Å². The number of aromatic carboxylic acids is 1. The number of fused-ring (bicyclic) bond motifs is 1. The van der Waals surface area contributed by atoms with Crippen molar-refractivity contribution in [3.8, 4) is 0 Å². The summed E-state index contributed by atoms with van der Waals surface area (Å²) in [5.41, 5.74) is 2.36. The maximum absolute atomic E-state index is 10.7.